The average Bonchev–Trinajstić information content (AvgIpc) is 2.07. The standard InChI is InChI=1S/C6H13N.C4H8O/c1-7-5-3-2-4-6-7;1-3-4(2)5/h2-6H2,1H3;3H2,1-2H3. The van der Waals surface area contributed by atoms with E-state index in [4.69, 9.17) is 0 Å². The second-order valence-electron chi connectivity index (χ2n) is 3.42. The van der Waals surface area contributed by atoms with Crippen LogP contribution in [0.15, 0.2) is 0 Å². The normalized spacial score (nSPS) is 17.9. The highest BCUT2D eigenvalue weighted by Crippen LogP contribution is 2.04. The summed E-state index contributed by atoms with van der Waals surface area (Å²) < 4.78 is 0. The Morgan fingerprint density at radius 1 is 1.25 bits per heavy atom. The number of likely N-dealkylation sites (tertiary alicyclic amines) is 1. The molecule has 0 spiro atoms. The molecule has 1 aliphatic heterocycles. The Morgan fingerprint density at radius 2 is 1.67 bits per heavy atom. The predicted octanol–water partition coefficient (Wildman–Crippen LogP) is 2.09. The summed E-state index contributed by atoms with van der Waals surface area (Å²) in [6.45, 7) is 6.07. The zero-order valence-corrected chi connectivity index (χ0v) is 8.60. The molecule has 0 bridgehead atoms. The number of hydrogen-bond donors (Lipinski definition) is 0. The van der Waals surface area contributed by atoms with Gasteiger partial charge in [0, 0.05) is 6.42 Å². The third-order valence-corrected chi connectivity index (χ3v) is 2.08. The van der Waals surface area contributed by atoms with Gasteiger partial charge in [-0.25, -0.2) is 0 Å². The molecule has 0 aromatic heterocycles. The number of rotatable bonds is 1. The van der Waals surface area contributed by atoms with Crippen LogP contribution in [-0.2, 0) is 4.79 Å². The molecule has 1 rings (SSSR count). The second-order valence-corrected chi connectivity index (χ2v) is 3.42. The van der Waals surface area contributed by atoms with Gasteiger partial charge in [0.05, 0.1) is 0 Å². The maximum atomic E-state index is 9.81. The lowest BCUT2D eigenvalue weighted by Crippen LogP contribution is -2.24. The molecule has 72 valence electrons. The van der Waals surface area contributed by atoms with Gasteiger partial charge >= 0.3 is 0 Å². The summed E-state index contributed by atoms with van der Waals surface area (Å²) in [5.41, 5.74) is 0. The van der Waals surface area contributed by atoms with Crippen LogP contribution in [0.5, 0.6) is 0 Å². The van der Waals surface area contributed by atoms with E-state index in [9.17, 15) is 4.79 Å². The number of Topliss-reactive ketones (excluding diaryl/α,β-unsaturated/α-hetero) is 1. The van der Waals surface area contributed by atoms with Crippen LogP contribution in [0.25, 0.3) is 0 Å². The van der Waals surface area contributed by atoms with Crippen molar-refractivity contribution in [2.45, 2.75) is 39.5 Å². The van der Waals surface area contributed by atoms with Crippen LogP contribution < -0.4 is 0 Å². The minimum absolute atomic E-state index is 0.255. The van der Waals surface area contributed by atoms with Gasteiger partial charge in [-0.15, -0.1) is 0 Å². The Balaban J connectivity index is 0.000000217. The number of piperidine rings is 1. The van der Waals surface area contributed by atoms with Crippen molar-refractivity contribution in [3.8, 4) is 0 Å². The smallest absolute Gasteiger partial charge is 0.129 e. The van der Waals surface area contributed by atoms with E-state index < -0.39 is 0 Å². The third-order valence-electron chi connectivity index (χ3n) is 2.08. The molecule has 0 unspecified atom stereocenters. The summed E-state index contributed by atoms with van der Waals surface area (Å²) in [5.74, 6) is 0.255. The zero-order chi connectivity index (χ0) is 9.40. The quantitative estimate of drug-likeness (QED) is 0.602. The van der Waals surface area contributed by atoms with Gasteiger partial charge in [0.1, 0.15) is 5.78 Å². The van der Waals surface area contributed by atoms with Crippen LogP contribution in [-0.4, -0.2) is 30.8 Å². The van der Waals surface area contributed by atoms with Crippen LogP contribution in [0.1, 0.15) is 39.5 Å². The monoisotopic (exact) mass is 171 g/mol. The Bertz CT molecular complexity index is 117. The Hall–Kier alpha value is -0.370. The van der Waals surface area contributed by atoms with Crippen molar-refractivity contribution in [1.82, 2.24) is 4.90 Å². The van der Waals surface area contributed by atoms with Gasteiger partial charge < -0.3 is 9.69 Å². The molecule has 2 nitrogen and oxygen atoms in total. The van der Waals surface area contributed by atoms with Crippen molar-refractivity contribution in [1.29, 1.82) is 0 Å². The van der Waals surface area contributed by atoms with Crippen molar-refractivity contribution >= 4 is 5.78 Å². The first-order valence-electron chi connectivity index (χ1n) is 4.84. The molecule has 0 amide bonds. The molecule has 12 heavy (non-hydrogen) atoms. The van der Waals surface area contributed by atoms with Crippen LogP contribution in [0, 0.1) is 0 Å². The van der Waals surface area contributed by atoms with Crippen molar-refractivity contribution in [2.24, 2.45) is 0 Å². The van der Waals surface area contributed by atoms with E-state index in [1.807, 2.05) is 6.92 Å². The first-order chi connectivity index (χ1) is 5.66. The van der Waals surface area contributed by atoms with Crippen molar-refractivity contribution in [3.63, 3.8) is 0 Å². The average molecular weight is 171 g/mol. The molecule has 1 saturated heterocycles. The molecular weight excluding hydrogens is 150 g/mol. The van der Waals surface area contributed by atoms with Gasteiger partial charge in [0.25, 0.3) is 0 Å². The fourth-order valence-corrected chi connectivity index (χ4v) is 1.05. The van der Waals surface area contributed by atoms with Gasteiger partial charge in [0.15, 0.2) is 0 Å². The second kappa shape index (κ2) is 7.29. The van der Waals surface area contributed by atoms with Crippen LogP contribution in [0.4, 0.5) is 0 Å². The largest absolute Gasteiger partial charge is 0.306 e. The van der Waals surface area contributed by atoms with Crippen LogP contribution in [0.2, 0.25) is 0 Å². The number of carbonyl (C=O) groups is 1. The molecule has 0 aromatic rings. The maximum Gasteiger partial charge on any atom is 0.129 e. The molecule has 1 aliphatic rings. The molecule has 0 atom stereocenters. The molecule has 0 radical (unpaired) electrons. The molecule has 0 N–H and O–H groups in total. The highest BCUT2D eigenvalue weighted by molar-refractivity contribution is 5.74. The Labute approximate surface area is 75.9 Å². The van der Waals surface area contributed by atoms with E-state index in [-0.39, 0.29) is 5.78 Å². The fraction of sp³-hybridized carbons (Fsp3) is 0.900. The molecule has 0 aromatic carbocycles. The molecule has 0 saturated carbocycles. The molecule has 0 aliphatic carbocycles. The Morgan fingerprint density at radius 3 is 1.83 bits per heavy atom. The summed E-state index contributed by atoms with van der Waals surface area (Å²) in [6.07, 6.45) is 4.94. The van der Waals surface area contributed by atoms with Crippen molar-refractivity contribution < 1.29 is 4.79 Å². The highest BCUT2D eigenvalue weighted by Gasteiger charge is 2.02. The summed E-state index contributed by atoms with van der Waals surface area (Å²) in [6, 6.07) is 0. The maximum absolute atomic E-state index is 9.81. The van der Waals surface area contributed by atoms with Crippen LogP contribution in [0.3, 0.4) is 0 Å². The van der Waals surface area contributed by atoms with E-state index in [1.54, 1.807) is 6.92 Å². The SMILES string of the molecule is CCC(C)=O.CN1CCCCC1. The topological polar surface area (TPSA) is 20.3 Å². The van der Waals surface area contributed by atoms with Gasteiger partial charge in [-0.05, 0) is 39.9 Å². The van der Waals surface area contributed by atoms with Crippen molar-refractivity contribution in [2.75, 3.05) is 20.1 Å². The van der Waals surface area contributed by atoms with E-state index in [0.29, 0.717) is 6.42 Å². The third kappa shape index (κ3) is 7.73. The first-order valence-corrected chi connectivity index (χ1v) is 4.84. The lowest BCUT2D eigenvalue weighted by molar-refractivity contribution is -0.116. The molecular formula is C10H21NO. The first kappa shape index (κ1) is 11.6. The van der Waals surface area contributed by atoms with E-state index in [1.165, 1.54) is 32.4 Å². The number of carbonyl (C=O) groups excluding carboxylic acids is 1. The number of ketones is 1. The van der Waals surface area contributed by atoms with Crippen molar-refractivity contribution in [3.05, 3.63) is 0 Å². The van der Waals surface area contributed by atoms with Gasteiger partial charge in [-0.3, -0.25) is 0 Å². The Kier molecular flexibility index (Phi) is 7.06. The summed E-state index contributed by atoms with van der Waals surface area (Å²) in [5, 5.41) is 0. The lowest BCUT2D eigenvalue weighted by atomic mass is 10.1. The summed E-state index contributed by atoms with van der Waals surface area (Å²) in [7, 11) is 2.19. The van der Waals surface area contributed by atoms with Gasteiger partial charge in [-0.2, -0.15) is 0 Å². The van der Waals surface area contributed by atoms with Gasteiger partial charge in [0.2, 0.25) is 0 Å². The van der Waals surface area contributed by atoms with E-state index in [2.05, 4.69) is 11.9 Å². The predicted molar refractivity (Wildman–Crippen MR) is 52.3 cm³/mol. The minimum atomic E-state index is 0.255. The zero-order valence-electron chi connectivity index (χ0n) is 8.60. The molecule has 1 heterocycles. The van der Waals surface area contributed by atoms with Crippen LogP contribution >= 0.6 is 0 Å². The molecule has 1 fully saturated rings. The molecule has 2 heteroatoms. The number of nitrogens with zero attached hydrogens (tertiary/aromatic N) is 1. The van der Waals surface area contributed by atoms with E-state index >= 15 is 0 Å². The van der Waals surface area contributed by atoms with Gasteiger partial charge in [-0.1, -0.05) is 13.3 Å². The minimum Gasteiger partial charge on any atom is -0.306 e. The summed E-state index contributed by atoms with van der Waals surface area (Å²) in [4.78, 5) is 12.2. The van der Waals surface area contributed by atoms with E-state index in [0.717, 1.165) is 0 Å². The summed E-state index contributed by atoms with van der Waals surface area (Å²) >= 11 is 0. The highest BCUT2D eigenvalue weighted by atomic mass is 16.1. The lowest BCUT2D eigenvalue weighted by Gasteiger charge is -2.20. The fourth-order valence-electron chi connectivity index (χ4n) is 1.05. The number of hydrogen-bond acceptors (Lipinski definition) is 2.